The number of hydrogen-bond donors (Lipinski definition) is 2. The van der Waals surface area contributed by atoms with Crippen LogP contribution in [0.25, 0.3) is 0 Å². The standard InChI is InChI=1S/C13H12F5NO3/c14-12(15,11(21)6-3-7-11)10(20)19-8-4-1-2-5-9(8)22-13(16,17)18/h1-2,4-5,21H,3,6-7H2,(H,19,20). The van der Waals surface area contributed by atoms with Crippen molar-refractivity contribution < 1.29 is 36.6 Å². The lowest BCUT2D eigenvalue weighted by atomic mass is 9.75. The fourth-order valence-corrected chi connectivity index (χ4v) is 2.02. The molecule has 0 saturated heterocycles. The number of anilines is 1. The molecule has 0 unspecified atom stereocenters. The summed E-state index contributed by atoms with van der Waals surface area (Å²) in [5.74, 6) is -6.82. The number of carbonyl (C=O) groups is 1. The van der Waals surface area contributed by atoms with Crippen LogP contribution < -0.4 is 10.1 Å². The summed E-state index contributed by atoms with van der Waals surface area (Å²) in [6, 6.07) is 4.29. The topological polar surface area (TPSA) is 58.6 Å². The highest BCUT2D eigenvalue weighted by atomic mass is 19.4. The zero-order valence-corrected chi connectivity index (χ0v) is 11.1. The minimum Gasteiger partial charge on any atom is -0.404 e. The SMILES string of the molecule is O=C(Nc1ccccc1OC(F)(F)F)C(F)(F)C1(O)CCC1. The van der Waals surface area contributed by atoms with Gasteiger partial charge in [-0.25, -0.2) is 0 Å². The first kappa shape index (κ1) is 16.5. The van der Waals surface area contributed by atoms with Gasteiger partial charge in [0.1, 0.15) is 5.60 Å². The summed E-state index contributed by atoms with van der Waals surface area (Å²) in [6.07, 6.45) is -5.20. The third-order valence-corrected chi connectivity index (χ3v) is 3.41. The van der Waals surface area contributed by atoms with Gasteiger partial charge in [0.25, 0.3) is 5.91 Å². The summed E-state index contributed by atoms with van der Waals surface area (Å²) in [5.41, 5.74) is -3.02. The lowest BCUT2D eigenvalue weighted by Gasteiger charge is -2.41. The smallest absolute Gasteiger partial charge is 0.404 e. The van der Waals surface area contributed by atoms with Gasteiger partial charge in [-0.05, 0) is 31.4 Å². The van der Waals surface area contributed by atoms with Crippen molar-refractivity contribution in [1.29, 1.82) is 0 Å². The molecule has 122 valence electrons. The molecule has 22 heavy (non-hydrogen) atoms. The van der Waals surface area contributed by atoms with E-state index in [0.29, 0.717) is 6.42 Å². The van der Waals surface area contributed by atoms with Crippen LogP contribution in [0.1, 0.15) is 19.3 Å². The number of alkyl halides is 5. The Morgan fingerprint density at radius 3 is 2.27 bits per heavy atom. The number of nitrogens with one attached hydrogen (secondary N) is 1. The third-order valence-electron chi connectivity index (χ3n) is 3.41. The summed E-state index contributed by atoms with van der Waals surface area (Å²) < 4.78 is 68.1. The second kappa shape index (κ2) is 5.38. The zero-order valence-electron chi connectivity index (χ0n) is 11.1. The van der Waals surface area contributed by atoms with Gasteiger partial charge in [-0.15, -0.1) is 13.2 Å². The van der Waals surface area contributed by atoms with E-state index < -0.39 is 35.2 Å². The fourth-order valence-electron chi connectivity index (χ4n) is 2.02. The molecule has 0 heterocycles. The summed E-state index contributed by atoms with van der Waals surface area (Å²) in [5, 5.41) is 11.3. The van der Waals surface area contributed by atoms with Crippen LogP contribution in [0.2, 0.25) is 0 Å². The number of aliphatic hydroxyl groups is 1. The van der Waals surface area contributed by atoms with Crippen molar-refractivity contribution in [2.45, 2.75) is 37.1 Å². The van der Waals surface area contributed by atoms with Gasteiger partial charge in [0.2, 0.25) is 0 Å². The number of hydrogen-bond acceptors (Lipinski definition) is 3. The Morgan fingerprint density at radius 2 is 1.77 bits per heavy atom. The molecule has 4 nitrogen and oxygen atoms in total. The van der Waals surface area contributed by atoms with Crippen LogP contribution in [0.4, 0.5) is 27.6 Å². The molecule has 2 rings (SSSR count). The van der Waals surface area contributed by atoms with Gasteiger partial charge in [0.05, 0.1) is 5.69 Å². The molecule has 0 spiro atoms. The molecule has 0 radical (unpaired) electrons. The lowest BCUT2D eigenvalue weighted by Crippen LogP contribution is -2.59. The first-order valence-electron chi connectivity index (χ1n) is 6.32. The highest BCUT2D eigenvalue weighted by molar-refractivity contribution is 5.98. The van der Waals surface area contributed by atoms with E-state index in [1.165, 1.54) is 12.1 Å². The van der Waals surface area contributed by atoms with Crippen LogP contribution in [0, 0.1) is 0 Å². The number of carbonyl (C=O) groups excluding carboxylic acids is 1. The summed E-state index contributed by atoms with van der Waals surface area (Å²) >= 11 is 0. The van der Waals surface area contributed by atoms with Crippen LogP contribution in [-0.4, -0.2) is 28.9 Å². The first-order chi connectivity index (χ1) is 10.1. The highest BCUT2D eigenvalue weighted by Crippen LogP contribution is 2.45. The van der Waals surface area contributed by atoms with Crippen LogP contribution in [-0.2, 0) is 4.79 Å². The molecule has 1 amide bonds. The maximum atomic E-state index is 13.9. The van der Waals surface area contributed by atoms with Crippen molar-refractivity contribution in [2.24, 2.45) is 0 Å². The molecule has 9 heteroatoms. The van der Waals surface area contributed by atoms with E-state index in [9.17, 15) is 31.9 Å². The van der Waals surface area contributed by atoms with E-state index >= 15 is 0 Å². The number of amides is 1. The van der Waals surface area contributed by atoms with Gasteiger partial charge < -0.3 is 15.2 Å². The molecule has 0 bridgehead atoms. The molecular weight excluding hydrogens is 313 g/mol. The van der Waals surface area contributed by atoms with Crippen LogP contribution >= 0.6 is 0 Å². The highest BCUT2D eigenvalue weighted by Gasteiger charge is 2.61. The van der Waals surface area contributed by atoms with E-state index in [2.05, 4.69) is 4.74 Å². The van der Waals surface area contributed by atoms with Gasteiger partial charge >= 0.3 is 12.3 Å². The molecule has 1 saturated carbocycles. The van der Waals surface area contributed by atoms with Crippen molar-refractivity contribution in [2.75, 3.05) is 5.32 Å². The second-order valence-electron chi connectivity index (χ2n) is 4.96. The maximum absolute atomic E-state index is 13.9. The van der Waals surface area contributed by atoms with Gasteiger partial charge in [-0.2, -0.15) is 8.78 Å². The zero-order chi connectivity index (χ0) is 16.6. The molecule has 2 N–H and O–H groups in total. The predicted molar refractivity (Wildman–Crippen MR) is 65.5 cm³/mol. The monoisotopic (exact) mass is 325 g/mol. The minimum absolute atomic E-state index is 0.256. The molecule has 0 atom stereocenters. The van der Waals surface area contributed by atoms with Crippen LogP contribution in [0.5, 0.6) is 5.75 Å². The van der Waals surface area contributed by atoms with Crippen molar-refractivity contribution in [3.8, 4) is 5.75 Å². The quantitative estimate of drug-likeness (QED) is 0.837. The van der Waals surface area contributed by atoms with Gasteiger partial charge in [-0.3, -0.25) is 4.79 Å². The molecule has 1 aromatic carbocycles. The summed E-state index contributed by atoms with van der Waals surface area (Å²) in [4.78, 5) is 11.6. The van der Waals surface area contributed by atoms with E-state index in [1.54, 1.807) is 5.32 Å². The van der Waals surface area contributed by atoms with Crippen molar-refractivity contribution >= 4 is 11.6 Å². The molecular formula is C13H12F5NO3. The van der Waals surface area contributed by atoms with Crippen molar-refractivity contribution in [3.63, 3.8) is 0 Å². The Balaban J connectivity index is 2.18. The molecule has 0 aliphatic heterocycles. The van der Waals surface area contributed by atoms with Gasteiger partial charge in [-0.1, -0.05) is 12.1 Å². The number of para-hydroxylation sites is 2. The van der Waals surface area contributed by atoms with Crippen molar-refractivity contribution in [3.05, 3.63) is 24.3 Å². The maximum Gasteiger partial charge on any atom is 0.573 e. The molecule has 0 aromatic heterocycles. The van der Waals surface area contributed by atoms with Gasteiger partial charge in [0.15, 0.2) is 5.75 Å². The number of rotatable bonds is 4. The van der Waals surface area contributed by atoms with E-state index in [1.807, 2.05) is 0 Å². The average Bonchev–Trinajstić information content (AvgIpc) is 2.36. The first-order valence-corrected chi connectivity index (χ1v) is 6.32. The largest absolute Gasteiger partial charge is 0.573 e. The Morgan fingerprint density at radius 1 is 1.18 bits per heavy atom. The Kier molecular flexibility index (Phi) is 4.03. The van der Waals surface area contributed by atoms with Crippen LogP contribution in [0.15, 0.2) is 24.3 Å². The fraction of sp³-hybridized carbons (Fsp3) is 0.462. The molecule has 1 aromatic rings. The Bertz CT molecular complexity index is 569. The third kappa shape index (κ3) is 3.13. The molecule has 1 fully saturated rings. The second-order valence-corrected chi connectivity index (χ2v) is 4.96. The van der Waals surface area contributed by atoms with Crippen LogP contribution in [0.3, 0.4) is 0 Å². The number of benzene rings is 1. The molecule has 1 aliphatic carbocycles. The van der Waals surface area contributed by atoms with E-state index in [4.69, 9.17) is 0 Å². The van der Waals surface area contributed by atoms with E-state index in [0.717, 1.165) is 12.1 Å². The number of ether oxygens (including phenoxy) is 1. The summed E-state index contributed by atoms with van der Waals surface area (Å²) in [6.45, 7) is 0. The molecule has 1 aliphatic rings. The normalized spacial score (nSPS) is 17.5. The van der Waals surface area contributed by atoms with E-state index in [-0.39, 0.29) is 12.8 Å². The average molecular weight is 325 g/mol. The Hall–Kier alpha value is -1.90. The minimum atomic E-state index is -5.03. The summed E-state index contributed by atoms with van der Waals surface area (Å²) in [7, 11) is 0. The lowest BCUT2D eigenvalue weighted by molar-refractivity contribution is -0.274. The van der Waals surface area contributed by atoms with Gasteiger partial charge in [0, 0.05) is 0 Å². The Labute approximate surface area is 121 Å². The number of halogens is 5. The van der Waals surface area contributed by atoms with Crippen molar-refractivity contribution in [1.82, 2.24) is 0 Å². The predicted octanol–water partition coefficient (Wildman–Crippen LogP) is 3.07.